The summed E-state index contributed by atoms with van der Waals surface area (Å²) in [5, 5.41) is 6.94. The Morgan fingerprint density at radius 3 is 2.41 bits per heavy atom. The number of carbonyl (C=O) groups is 2. The molecule has 3 aliphatic rings. The molecular formula is C24H43N5O3. The van der Waals surface area contributed by atoms with Crippen LogP contribution in [0.3, 0.4) is 0 Å². The van der Waals surface area contributed by atoms with Crippen LogP contribution in [0.15, 0.2) is 4.99 Å². The lowest BCUT2D eigenvalue weighted by Crippen LogP contribution is -2.49. The maximum Gasteiger partial charge on any atom is 0.410 e. The van der Waals surface area contributed by atoms with Gasteiger partial charge in [-0.25, -0.2) is 4.79 Å². The highest BCUT2D eigenvalue weighted by molar-refractivity contribution is 5.81. The molecule has 3 fully saturated rings. The van der Waals surface area contributed by atoms with Crippen LogP contribution in [0.1, 0.15) is 72.1 Å². The number of nitrogens with one attached hydrogen (secondary N) is 2. The Labute approximate surface area is 193 Å². The van der Waals surface area contributed by atoms with Crippen LogP contribution in [0.4, 0.5) is 4.79 Å². The number of piperidine rings is 1. The summed E-state index contributed by atoms with van der Waals surface area (Å²) in [6, 6.07) is 0.235. The van der Waals surface area contributed by atoms with Crippen molar-refractivity contribution in [1.82, 2.24) is 20.4 Å². The molecule has 2 amide bonds. The molecule has 8 nitrogen and oxygen atoms in total. The van der Waals surface area contributed by atoms with E-state index < -0.39 is 5.60 Å². The number of hydrogen-bond donors (Lipinski definition) is 2. The molecule has 3 rings (SSSR count). The number of carbonyl (C=O) groups excluding carboxylic acids is 2. The van der Waals surface area contributed by atoms with Crippen LogP contribution < -0.4 is 10.6 Å². The maximum absolute atomic E-state index is 12.8. The SMILES string of the molecule is CN=C(NCC1CCCN(C(=O)OC(C)(C)C)C1)NC1CCN(C(=O)C2CCCCC2)C1. The third-order valence-electron chi connectivity index (χ3n) is 6.75. The van der Waals surface area contributed by atoms with E-state index in [2.05, 4.69) is 15.6 Å². The largest absolute Gasteiger partial charge is 0.444 e. The van der Waals surface area contributed by atoms with Crippen molar-refractivity contribution in [3.05, 3.63) is 0 Å². The molecule has 2 saturated heterocycles. The molecule has 0 aromatic carbocycles. The molecule has 0 bridgehead atoms. The Bertz CT molecular complexity index is 669. The van der Waals surface area contributed by atoms with Crippen LogP contribution in [0.25, 0.3) is 0 Å². The highest BCUT2D eigenvalue weighted by Crippen LogP contribution is 2.27. The quantitative estimate of drug-likeness (QED) is 0.509. The van der Waals surface area contributed by atoms with Gasteiger partial charge in [0.05, 0.1) is 0 Å². The van der Waals surface area contributed by atoms with Gasteiger partial charge in [-0.15, -0.1) is 0 Å². The average Bonchev–Trinajstić information content (AvgIpc) is 3.24. The topological polar surface area (TPSA) is 86.3 Å². The van der Waals surface area contributed by atoms with Crippen molar-refractivity contribution >= 4 is 18.0 Å². The second-order valence-corrected chi connectivity index (χ2v) is 10.6. The average molecular weight is 450 g/mol. The van der Waals surface area contributed by atoms with Gasteiger partial charge in [0.2, 0.25) is 5.91 Å². The zero-order chi connectivity index (χ0) is 23.1. The van der Waals surface area contributed by atoms with E-state index in [0.717, 1.165) is 64.2 Å². The molecule has 8 heteroatoms. The van der Waals surface area contributed by atoms with Crippen molar-refractivity contribution in [2.24, 2.45) is 16.8 Å². The number of likely N-dealkylation sites (tertiary alicyclic amines) is 2. The van der Waals surface area contributed by atoms with Crippen molar-refractivity contribution in [3.63, 3.8) is 0 Å². The van der Waals surface area contributed by atoms with Crippen LogP contribution in [0.2, 0.25) is 0 Å². The van der Waals surface area contributed by atoms with Crippen LogP contribution in [0.5, 0.6) is 0 Å². The first-order valence-corrected chi connectivity index (χ1v) is 12.5. The van der Waals surface area contributed by atoms with Gasteiger partial charge < -0.3 is 25.2 Å². The molecule has 32 heavy (non-hydrogen) atoms. The molecule has 2 unspecified atom stereocenters. The van der Waals surface area contributed by atoms with Crippen molar-refractivity contribution in [2.45, 2.75) is 83.8 Å². The lowest BCUT2D eigenvalue weighted by Gasteiger charge is -2.34. The molecule has 0 aromatic rings. The normalized spacial score (nSPS) is 25.6. The van der Waals surface area contributed by atoms with Crippen LogP contribution in [-0.4, -0.2) is 79.2 Å². The van der Waals surface area contributed by atoms with Gasteiger partial charge in [0.15, 0.2) is 5.96 Å². The van der Waals surface area contributed by atoms with Crippen LogP contribution in [0, 0.1) is 11.8 Å². The third-order valence-corrected chi connectivity index (χ3v) is 6.75. The predicted octanol–water partition coefficient (Wildman–Crippen LogP) is 2.98. The second-order valence-electron chi connectivity index (χ2n) is 10.6. The predicted molar refractivity (Wildman–Crippen MR) is 127 cm³/mol. The van der Waals surface area contributed by atoms with Gasteiger partial charge in [0.25, 0.3) is 0 Å². The third kappa shape index (κ3) is 7.27. The molecule has 2 heterocycles. The molecule has 0 radical (unpaired) electrons. The zero-order valence-electron chi connectivity index (χ0n) is 20.5. The Morgan fingerprint density at radius 1 is 0.969 bits per heavy atom. The van der Waals surface area contributed by atoms with Crippen molar-refractivity contribution in [3.8, 4) is 0 Å². The fraction of sp³-hybridized carbons (Fsp3) is 0.875. The minimum atomic E-state index is -0.470. The van der Waals surface area contributed by atoms with Crippen LogP contribution >= 0.6 is 0 Å². The number of guanidine groups is 1. The summed E-state index contributed by atoms with van der Waals surface area (Å²) in [6.45, 7) is 9.50. The number of nitrogens with zero attached hydrogens (tertiary/aromatic N) is 3. The van der Waals surface area contributed by atoms with Crippen molar-refractivity contribution in [1.29, 1.82) is 0 Å². The number of hydrogen-bond acceptors (Lipinski definition) is 4. The monoisotopic (exact) mass is 449 g/mol. The van der Waals surface area contributed by atoms with Gasteiger partial charge in [-0.2, -0.15) is 0 Å². The summed E-state index contributed by atoms with van der Waals surface area (Å²) in [4.78, 5) is 33.5. The molecule has 182 valence electrons. The summed E-state index contributed by atoms with van der Waals surface area (Å²) in [6.07, 6.45) is 8.55. The highest BCUT2D eigenvalue weighted by atomic mass is 16.6. The van der Waals surface area contributed by atoms with E-state index in [-0.39, 0.29) is 18.1 Å². The van der Waals surface area contributed by atoms with Crippen LogP contribution in [-0.2, 0) is 9.53 Å². The molecular weight excluding hydrogens is 406 g/mol. The van der Waals surface area contributed by atoms with E-state index in [9.17, 15) is 9.59 Å². The standard InChI is InChI=1S/C24H43N5O3/c1-24(2,3)32-23(31)29-13-8-9-18(16-29)15-26-22(25-4)27-20-12-14-28(17-20)21(30)19-10-6-5-7-11-19/h18-20H,5-17H2,1-4H3,(H2,25,26,27). The number of ether oxygens (including phenoxy) is 1. The Kier molecular flexibility index (Phi) is 8.65. The zero-order valence-corrected chi connectivity index (χ0v) is 20.5. The summed E-state index contributed by atoms with van der Waals surface area (Å²) in [5.74, 6) is 1.72. The summed E-state index contributed by atoms with van der Waals surface area (Å²) in [5.41, 5.74) is -0.470. The smallest absolute Gasteiger partial charge is 0.410 e. The maximum atomic E-state index is 12.8. The molecule has 1 aliphatic carbocycles. The molecule has 2 aliphatic heterocycles. The van der Waals surface area contributed by atoms with E-state index in [4.69, 9.17) is 4.74 Å². The first kappa shape index (κ1) is 24.6. The van der Waals surface area contributed by atoms with Gasteiger partial charge in [-0.3, -0.25) is 9.79 Å². The van der Waals surface area contributed by atoms with E-state index in [1.807, 2.05) is 30.6 Å². The molecule has 0 aromatic heterocycles. The minimum absolute atomic E-state index is 0.224. The first-order valence-electron chi connectivity index (χ1n) is 12.5. The Balaban J connectivity index is 1.41. The minimum Gasteiger partial charge on any atom is -0.444 e. The summed E-state index contributed by atoms with van der Waals surface area (Å²) < 4.78 is 5.53. The molecule has 2 N–H and O–H groups in total. The lowest BCUT2D eigenvalue weighted by molar-refractivity contribution is -0.135. The second kappa shape index (κ2) is 11.2. The Morgan fingerprint density at radius 2 is 1.72 bits per heavy atom. The lowest BCUT2D eigenvalue weighted by atomic mass is 9.88. The fourth-order valence-corrected chi connectivity index (χ4v) is 5.04. The van der Waals surface area contributed by atoms with Gasteiger partial charge in [0.1, 0.15) is 5.60 Å². The Hall–Kier alpha value is -1.99. The van der Waals surface area contributed by atoms with Gasteiger partial charge in [-0.05, 0) is 58.8 Å². The van der Waals surface area contributed by atoms with Crippen molar-refractivity contribution < 1.29 is 14.3 Å². The molecule has 2 atom stereocenters. The summed E-state index contributed by atoms with van der Waals surface area (Å²) in [7, 11) is 1.78. The number of aliphatic imine (C=N–C) groups is 1. The van der Waals surface area contributed by atoms with E-state index in [0.29, 0.717) is 18.4 Å². The van der Waals surface area contributed by atoms with E-state index >= 15 is 0 Å². The van der Waals surface area contributed by atoms with E-state index in [1.54, 1.807) is 7.05 Å². The highest BCUT2D eigenvalue weighted by Gasteiger charge is 2.32. The fourth-order valence-electron chi connectivity index (χ4n) is 5.04. The summed E-state index contributed by atoms with van der Waals surface area (Å²) >= 11 is 0. The van der Waals surface area contributed by atoms with Gasteiger partial charge in [-0.1, -0.05) is 19.3 Å². The number of amides is 2. The number of rotatable bonds is 4. The van der Waals surface area contributed by atoms with Gasteiger partial charge >= 0.3 is 6.09 Å². The first-order chi connectivity index (χ1) is 15.2. The molecule has 1 saturated carbocycles. The molecule has 0 spiro atoms. The van der Waals surface area contributed by atoms with Crippen molar-refractivity contribution in [2.75, 3.05) is 39.8 Å². The van der Waals surface area contributed by atoms with Gasteiger partial charge in [0, 0.05) is 51.7 Å². The van der Waals surface area contributed by atoms with E-state index in [1.165, 1.54) is 19.3 Å².